The maximum absolute atomic E-state index is 12.3. The molecule has 0 aliphatic carbocycles. The fraction of sp³-hybridized carbons (Fsp3) is 0.222. The molecule has 0 spiro atoms. The highest BCUT2D eigenvalue weighted by Crippen LogP contribution is 2.42. The van der Waals surface area contributed by atoms with Gasteiger partial charge in [0.2, 0.25) is 5.91 Å². The smallest absolute Gasteiger partial charge is 0.226 e. The second kappa shape index (κ2) is 5.29. The zero-order chi connectivity index (χ0) is 17.8. The average molecular weight is 348 g/mol. The van der Waals surface area contributed by atoms with E-state index in [0.717, 1.165) is 33.9 Å². The quantitative estimate of drug-likeness (QED) is 0.580. The zero-order valence-electron chi connectivity index (χ0n) is 14.3. The van der Waals surface area contributed by atoms with E-state index in [2.05, 4.69) is 25.6 Å². The molecular weight excluding hydrogens is 332 g/mol. The number of nitrogens with zero attached hydrogens (tertiary/aromatic N) is 4. The van der Waals surface area contributed by atoms with E-state index < -0.39 is 0 Å². The van der Waals surface area contributed by atoms with Gasteiger partial charge in [-0.25, -0.2) is 9.50 Å². The summed E-state index contributed by atoms with van der Waals surface area (Å²) in [4.78, 5) is 16.9. The van der Waals surface area contributed by atoms with Gasteiger partial charge in [-0.05, 0) is 32.0 Å². The molecule has 8 heteroatoms. The maximum Gasteiger partial charge on any atom is 0.226 e. The normalized spacial score (nSPS) is 16.7. The van der Waals surface area contributed by atoms with Gasteiger partial charge < -0.3 is 9.73 Å². The van der Waals surface area contributed by atoms with Crippen molar-refractivity contribution < 1.29 is 9.21 Å². The maximum atomic E-state index is 12.3. The SMILES string of the molecule is Cc1cc(C)n2ncc([C@H]3CC(=O)Nc4n[nH]c(-c5ccco5)c43)c2n1. The third-order valence-electron chi connectivity index (χ3n) is 4.75. The highest BCUT2D eigenvalue weighted by atomic mass is 16.3. The van der Waals surface area contributed by atoms with Crippen molar-refractivity contribution in [1.82, 2.24) is 24.8 Å². The lowest BCUT2D eigenvalue weighted by molar-refractivity contribution is -0.116. The van der Waals surface area contributed by atoms with Crippen LogP contribution >= 0.6 is 0 Å². The number of anilines is 1. The molecule has 1 aliphatic rings. The number of carbonyl (C=O) groups excluding carboxylic acids is 1. The lowest BCUT2D eigenvalue weighted by Crippen LogP contribution is -2.23. The van der Waals surface area contributed by atoms with Crippen LogP contribution < -0.4 is 5.32 Å². The minimum Gasteiger partial charge on any atom is -0.463 e. The number of hydrogen-bond acceptors (Lipinski definition) is 5. The molecule has 2 N–H and O–H groups in total. The number of fused-ring (bicyclic) bond motifs is 2. The summed E-state index contributed by atoms with van der Waals surface area (Å²) in [5.74, 6) is 0.922. The first kappa shape index (κ1) is 14.9. The Labute approximate surface area is 148 Å². The molecule has 8 nitrogen and oxygen atoms in total. The van der Waals surface area contributed by atoms with Crippen LogP contribution in [0.5, 0.6) is 0 Å². The number of amides is 1. The van der Waals surface area contributed by atoms with Gasteiger partial charge in [-0.1, -0.05) is 0 Å². The van der Waals surface area contributed by atoms with Gasteiger partial charge >= 0.3 is 0 Å². The van der Waals surface area contributed by atoms with Gasteiger partial charge in [0, 0.05) is 34.9 Å². The Bertz CT molecular complexity index is 1140. The zero-order valence-corrected chi connectivity index (χ0v) is 14.3. The molecule has 130 valence electrons. The monoisotopic (exact) mass is 348 g/mol. The Morgan fingerprint density at radius 3 is 3.04 bits per heavy atom. The molecule has 5 heterocycles. The number of rotatable bonds is 2. The summed E-state index contributed by atoms with van der Waals surface area (Å²) in [6, 6.07) is 5.67. The van der Waals surface area contributed by atoms with Crippen molar-refractivity contribution in [2.75, 3.05) is 5.32 Å². The molecule has 5 rings (SSSR count). The average Bonchev–Trinajstić information content (AvgIpc) is 3.32. The number of carbonyl (C=O) groups is 1. The molecule has 1 atom stereocenters. The van der Waals surface area contributed by atoms with E-state index in [4.69, 9.17) is 4.42 Å². The molecule has 4 aromatic heterocycles. The summed E-state index contributed by atoms with van der Waals surface area (Å²) in [5.41, 5.74) is 5.24. The van der Waals surface area contributed by atoms with Crippen LogP contribution in [0, 0.1) is 13.8 Å². The van der Waals surface area contributed by atoms with Crippen molar-refractivity contribution in [1.29, 1.82) is 0 Å². The molecule has 0 unspecified atom stereocenters. The first-order valence-corrected chi connectivity index (χ1v) is 8.35. The van der Waals surface area contributed by atoms with Gasteiger partial charge in [-0.3, -0.25) is 9.89 Å². The summed E-state index contributed by atoms with van der Waals surface area (Å²) in [7, 11) is 0. The van der Waals surface area contributed by atoms with Crippen molar-refractivity contribution in [3.63, 3.8) is 0 Å². The van der Waals surface area contributed by atoms with Gasteiger partial charge in [0.05, 0.1) is 12.5 Å². The van der Waals surface area contributed by atoms with E-state index in [0.29, 0.717) is 18.0 Å². The molecule has 1 aliphatic heterocycles. The molecule has 0 fully saturated rings. The number of hydrogen-bond donors (Lipinski definition) is 2. The topological polar surface area (TPSA) is 101 Å². The second-order valence-corrected chi connectivity index (χ2v) is 6.52. The van der Waals surface area contributed by atoms with E-state index in [1.807, 2.05) is 32.0 Å². The van der Waals surface area contributed by atoms with E-state index in [-0.39, 0.29) is 11.8 Å². The summed E-state index contributed by atoms with van der Waals surface area (Å²) < 4.78 is 7.35. The standard InChI is InChI=1S/C18H16N6O2/c1-9-6-10(2)24-18(20-9)12(8-19-24)11-7-14(25)21-17-15(11)16(22-23-17)13-4-3-5-26-13/h3-6,8,11H,7H2,1-2H3,(H2,21,22,23,25)/t11-/m1/s1. The predicted octanol–water partition coefficient (Wildman–Crippen LogP) is 2.80. The fourth-order valence-corrected chi connectivity index (χ4v) is 3.66. The Hall–Kier alpha value is -3.42. The first-order chi connectivity index (χ1) is 12.6. The number of aryl methyl sites for hydroxylation is 2. The minimum atomic E-state index is -0.205. The number of aromatic nitrogens is 5. The van der Waals surface area contributed by atoms with Crippen LogP contribution in [-0.4, -0.2) is 30.7 Å². The summed E-state index contributed by atoms with van der Waals surface area (Å²) in [5, 5.41) is 14.6. The highest BCUT2D eigenvalue weighted by molar-refractivity contribution is 5.96. The van der Waals surface area contributed by atoms with Crippen LogP contribution in [0.2, 0.25) is 0 Å². The van der Waals surface area contributed by atoms with Crippen LogP contribution in [-0.2, 0) is 4.79 Å². The van der Waals surface area contributed by atoms with Crippen molar-refractivity contribution in [3.8, 4) is 11.5 Å². The molecular formula is C18H16N6O2. The van der Waals surface area contributed by atoms with E-state index in [9.17, 15) is 4.79 Å². The lowest BCUT2D eigenvalue weighted by Gasteiger charge is -2.22. The predicted molar refractivity (Wildman–Crippen MR) is 93.8 cm³/mol. The molecule has 26 heavy (non-hydrogen) atoms. The van der Waals surface area contributed by atoms with Crippen LogP contribution in [0.3, 0.4) is 0 Å². The summed E-state index contributed by atoms with van der Waals surface area (Å²) >= 11 is 0. The Morgan fingerprint density at radius 1 is 1.35 bits per heavy atom. The highest BCUT2D eigenvalue weighted by Gasteiger charge is 2.34. The van der Waals surface area contributed by atoms with Gasteiger partial charge in [0.1, 0.15) is 5.69 Å². The lowest BCUT2D eigenvalue weighted by atomic mass is 9.86. The number of nitrogens with one attached hydrogen (secondary N) is 2. The molecule has 0 bridgehead atoms. The largest absolute Gasteiger partial charge is 0.463 e. The number of furan rings is 1. The minimum absolute atomic E-state index is 0.0799. The fourth-order valence-electron chi connectivity index (χ4n) is 3.66. The molecule has 0 saturated carbocycles. The third-order valence-corrected chi connectivity index (χ3v) is 4.75. The molecule has 0 saturated heterocycles. The molecule has 1 amide bonds. The van der Waals surface area contributed by atoms with Gasteiger partial charge in [-0.15, -0.1) is 0 Å². The molecule has 4 aromatic rings. The second-order valence-electron chi connectivity index (χ2n) is 6.52. The van der Waals surface area contributed by atoms with E-state index in [1.165, 1.54) is 0 Å². The Balaban J connectivity index is 1.75. The van der Waals surface area contributed by atoms with Crippen molar-refractivity contribution in [3.05, 3.63) is 53.2 Å². The number of aromatic amines is 1. The third kappa shape index (κ3) is 2.08. The van der Waals surface area contributed by atoms with Crippen LogP contribution in [0.1, 0.15) is 34.9 Å². The Morgan fingerprint density at radius 2 is 2.23 bits per heavy atom. The van der Waals surface area contributed by atoms with Crippen LogP contribution in [0.15, 0.2) is 35.1 Å². The van der Waals surface area contributed by atoms with Gasteiger partial charge in [-0.2, -0.15) is 10.2 Å². The van der Waals surface area contributed by atoms with Crippen molar-refractivity contribution in [2.24, 2.45) is 0 Å². The number of H-pyrrole nitrogens is 1. The summed E-state index contributed by atoms with van der Waals surface area (Å²) in [6.45, 7) is 3.94. The molecule has 0 aromatic carbocycles. The van der Waals surface area contributed by atoms with E-state index in [1.54, 1.807) is 17.0 Å². The van der Waals surface area contributed by atoms with Gasteiger partial charge in [0.25, 0.3) is 0 Å². The van der Waals surface area contributed by atoms with Crippen molar-refractivity contribution >= 4 is 17.4 Å². The molecule has 0 radical (unpaired) electrons. The summed E-state index contributed by atoms with van der Waals surface area (Å²) in [6.07, 6.45) is 3.71. The van der Waals surface area contributed by atoms with Crippen molar-refractivity contribution in [2.45, 2.75) is 26.2 Å². The Kier molecular flexibility index (Phi) is 3.03. The first-order valence-electron chi connectivity index (χ1n) is 8.35. The van der Waals surface area contributed by atoms with Crippen LogP contribution in [0.25, 0.3) is 17.1 Å². The van der Waals surface area contributed by atoms with Gasteiger partial charge in [0.15, 0.2) is 17.2 Å². The van der Waals surface area contributed by atoms with E-state index >= 15 is 0 Å². The van der Waals surface area contributed by atoms with Crippen LogP contribution in [0.4, 0.5) is 5.82 Å².